The number of hydrogen-bond acceptors (Lipinski definition) is 18. The molecule has 0 aliphatic carbocycles. The third kappa shape index (κ3) is 10.3. The van der Waals surface area contributed by atoms with E-state index in [1.807, 2.05) is 0 Å². The molecule has 0 saturated carbocycles. The number of ether oxygens (including phenoxy) is 4. The van der Waals surface area contributed by atoms with Crippen molar-refractivity contribution in [3.05, 3.63) is 0 Å². The van der Waals surface area contributed by atoms with Gasteiger partial charge in [-0.05, 0) is 12.8 Å². The van der Waals surface area contributed by atoms with E-state index in [1.165, 1.54) is 0 Å². The minimum atomic E-state index is -5.58. The zero-order chi connectivity index (χ0) is 27.6. The van der Waals surface area contributed by atoms with E-state index in [0.29, 0.717) is 0 Å². The van der Waals surface area contributed by atoms with Gasteiger partial charge in [0.15, 0.2) is 18.7 Å². The monoisotopic (exact) mass is 615 g/mol. The Morgan fingerprint density at radius 2 is 1.58 bits per heavy atom. The van der Waals surface area contributed by atoms with E-state index in [1.54, 1.807) is 0 Å². The molecule has 0 spiro atoms. The van der Waals surface area contributed by atoms with E-state index in [2.05, 4.69) is 18.1 Å². The molecule has 23 heteroatoms. The first-order chi connectivity index (χ1) is 16.5. The van der Waals surface area contributed by atoms with Crippen LogP contribution in [0.15, 0.2) is 4.99 Å². The van der Waals surface area contributed by atoms with Crippen molar-refractivity contribution in [3.63, 3.8) is 0 Å². The summed E-state index contributed by atoms with van der Waals surface area (Å²) >= 11 is 0. The summed E-state index contributed by atoms with van der Waals surface area (Å²) in [7, 11) is -10.1. The Morgan fingerprint density at radius 1 is 1.00 bits per heavy atom. The molecule has 2 fully saturated rings. The normalized spacial score (nSPS) is 36.5. The molecular weight excluding hydrogens is 592 g/mol. The summed E-state index contributed by atoms with van der Waals surface area (Å²) in [6.07, 6.45) is -19.6. The van der Waals surface area contributed by atoms with E-state index in [9.17, 15) is 51.7 Å². The van der Waals surface area contributed by atoms with Crippen LogP contribution in [-0.2, 0) is 52.9 Å². The van der Waals surface area contributed by atoms with Crippen LogP contribution < -0.4 is 64.2 Å². The molecule has 0 bridgehead atoms. The number of rotatable bonds is 9. The number of methoxy groups -OCH3 is 1. The van der Waals surface area contributed by atoms with Gasteiger partial charge in [-0.15, -0.1) is 0 Å². The van der Waals surface area contributed by atoms with Crippen molar-refractivity contribution in [1.82, 2.24) is 0 Å². The van der Waals surface area contributed by atoms with Crippen molar-refractivity contribution < 1.29 is 143 Å². The third-order valence-corrected chi connectivity index (χ3v) is 5.80. The van der Waals surface area contributed by atoms with Gasteiger partial charge in [-0.25, -0.2) is 17.4 Å². The summed E-state index contributed by atoms with van der Waals surface area (Å²) in [6.45, 7) is -0.191. The van der Waals surface area contributed by atoms with Gasteiger partial charge in [0, 0.05) is 0 Å². The first-order valence-corrected chi connectivity index (χ1v) is 12.4. The fraction of sp³-hybridized carbons (Fsp3) is 0.867. The summed E-state index contributed by atoms with van der Waals surface area (Å²) < 4.78 is 93.6. The first kappa shape index (κ1) is 38.4. The summed E-state index contributed by atoms with van der Waals surface area (Å²) in [5.74, 6) is -2.34. The SMILES string of the molecule is COC(=O)[C@H]1O[C@@H](O[C@@H]2[C@@H](N=C(C)[O-])[C@H](O)O[C@H](CO)[C@H]2OS(=O)(=O)[O-])[C@H](O)[C@@H](OS(=O)(=O)O)[C@@H]1O.[Na+].[Na+]. The standard InChI is InChI=1S/C15H25NO18S2.2Na/c1-4(18)16-6-10(9(33-35(23,24)25)5(3-17)30-13(6)21)31-15-8(20)11(34-36(26,27)28)7(19)12(32-15)14(22)29-2;;/h5-13,15,17,19-21H,3H2,1-2H3,(H,16,18)(H,23,24,25)(H,26,27,28);;/q;2*+1/p-2/t5-,6-,7+,8-,9-,10-,11+,12+,13-,15-;;/m1../s1. The van der Waals surface area contributed by atoms with E-state index < -0.39 is 101 Å². The van der Waals surface area contributed by atoms with Gasteiger partial charge in [-0.3, -0.25) is 13.7 Å². The number of carbonyl (C=O) groups is 1. The van der Waals surface area contributed by atoms with Gasteiger partial charge in [-0.1, -0.05) is 0 Å². The summed E-state index contributed by atoms with van der Waals surface area (Å²) in [5, 5.41) is 52.1. The summed E-state index contributed by atoms with van der Waals surface area (Å²) in [6, 6.07) is -1.91. The molecule has 2 heterocycles. The number of esters is 1. The van der Waals surface area contributed by atoms with Gasteiger partial charge in [0.25, 0.3) is 0 Å². The van der Waals surface area contributed by atoms with Gasteiger partial charge in [-0.2, -0.15) is 8.42 Å². The van der Waals surface area contributed by atoms with E-state index in [0.717, 1.165) is 14.0 Å². The first-order valence-electron chi connectivity index (χ1n) is 9.69. The Bertz CT molecular complexity index is 1020. The van der Waals surface area contributed by atoms with Crippen LogP contribution in [0, 0.1) is 0 Å². The molecule has 0 amide bonds. The predicted molar refractivity (Wildman–Crippen MR) is 103 cm³/mol. The van der Waals surface area contributed by atoms with Gasteiger partial charge in [0.2, 0.25) is 10.4 Å². The zero-order valence-corrected chi connectivity index (χ0v) is 25.9. The zero-order valence-electron chi connectivity index (χ0n) is 20.3. The average molecular weight is 615 g/mol. The molecular formula is C15H23NNa2O18S2. The maximum Gasteiger partial charge on any atom is 1.00 e. The Kier molecular flexibility index (Phi) is 15.7. The molecule has 2 aliphatic rings. The van der Waals surface area contributed by atoms with Crippen LogP contribution in [0.2, 0.25) is 0 Å². The topological polar surface area (TPSA) is 300 Å². The van der Waals surface area contributed by atoms with Gasteiger partial charge in [0.1, 0.15) is 42.7 Å². The van der Waals surface area contributed by atoms with Gasteiger partial charge < -0.3 is 49.0 Å². The third-order valence-electron chi connectivity index (χ3n) is 4.87. The molecule has 19 nitrogen and oxygen atoms in total. The summed E-state index contributed by atoms with van der Waals surface area (Å²) in [5.41, 5.74) is 0. The van der Waals surface area contributed by atoms with Crippen molar-refractivity contribution in [2.45, 2.75) is 68.3 Å². The number of aliphatic imine (C=N–C) groups is 1. The molecule has 0 radical (unpaired) electrons. The molecule has 0 aromatic heterocycles. The second kappa shape index (κ2) is 15.6. The molecule has 2 aliphatic heterocycles. The average Bonchev–Trinajstić information content (AvgIpc) is 2.74. The number of aliphatic hydroxyl groups is 4. The smallest absolute Gasteiger partial charge is 0.862 e. The molecule has 10 atom stereocenters. The van der Waals surface area contributed by atoms with Crippen molar-refractivity contribution in [1.29, 1.82) is 0 Å². The molecule has 0 unspecified atom stereocenters. The summed E-state index contributed by atoms with van der Waals surface area (Å²) in [4.78, 5) is 15.5. The number of aliphatic hydroxyl groups excluding tert-OH is 4. The Balaban J connectivity index is 0.00000684. The van der Waals surface area contributed by atoms with Crippen molar-refractivity contribution in [3.8, 4) is 0 Å². The Hall–Kier alpha value is 0.400. The predicted octanol–water partition coefficient (Wildman–Crippen LogP) is -12.1. The number of carbonyl (C=O) groups excluding carboxylic acids is 1. The van der Waals surface area contributed by atoms with Crippen molar-refractivity contribution in [2.75, 3.05) is 13.7 Å². The quantitative estimate of drug-likeness (QED) is 0.0401. The van der Waals surface area contributed by atoms with E-state index >= 15 is 0 Å². The largest absolute Gasteiger partial charge is 1.00 e. The van der Waals surface area contributed by atoms with Crippen molar-refractivity contribution >= 4 is 32.7 Å². The maximum atomic E-state index is 12.0. The van der Waals surface area contributed by atoms with Gasteiger partial charge >= 0.3 is 75.5 Å². The molecule has 38 heavy (non-hydrogen) atoms. The fourth-order valence-corrected chi connectivity index (χ4v) is 4.49. The molecule has 0 aromatic carbocycles. The van der Waals surface area contributed by atoms with E-state index in [4.69, 9.17) is 18.8 Å². The fourth-order valence-electron chi connectivity index (χ4n) is 3.48. The van der Waals surface area contributed by atoms with Crippen LogP contribution >= 0.6 is 0 Å². The van der Waals surface area contributed by atoms with Crippen LogP contribution in [0.1, 0.15) is 6.92 Å². The van der Waals surface area contributed by atoms with Gasteiger partial charge in [0.05, 0.1) is 13.7 Å². The van der Waals surface area contributed by atoms with Crippen LogP contribution in [0.3, 0.4) is 0 Å². The second-order valence-electron chi connectivity index (χ2n) is 7.37. The molecule has 0 aromatic rings. The van der Waals surface area contributed by atoms with Crippen LogP contribution in [0.5, 0.6) is 0 Å². The Labute approximate surface area is 260 Å². The molecule has 5 N–H and O–H groups in total. The van der Waals surface area contributed by atoms with Crippen molar-refractivity contribution in [2.24, 2.45) is 4.99 Å². The Morgan fingerprint density at radius 3 is 2.03 bits per heavy atom. The minimum absolute atomic E-state index is 0. The molecule has 2 saturated heterocycles. The second-order valence-corrected chi connectivity index (χ2v) is 9.43. The number of nitrogens with zero attached hydrogens (tertiary/aromatic N) is 1. The molecule has 210 valence electrons. The van der Waals surface area contributed by atoms with Crippen LogP contribution in [0.25, 0.3) is 0 Å². The maximum absolute atomic E-state index is 12.0. The number of hydrogen-bond donors (Lipinski definition) is 5. The molecule has 2 rings (SSSR count). The van der Waals surface area contributed by atoms with Crippen LogP contribution in [-0.4, -0.2) is 133 Å². The van der Waals surface area contributed by atoms with Crippen LogP contribution in [0.4, 0.5) is 0 Å². The van der Waals surface area contributed by atoms with E-state index in [-0.39, 0.29) is 59.1 Å². The minimum Gasteiger partial charge on any atom is -0.862 e.